The van der Waals surface area contributed by atoms with E-state index in [-0.39, 0.29) is 24.7 Å². The largest absolute Gasteiger partial charge is 0.454 e. The van der Waals surface area contributed by atoms with Gasteiger partial charge in [-0.3, -0.25) is 9.69 Å². The summed E-state index contributed by atoms with van der Waals surface area (Å²) in [7, 11) is 0. The van der Waals surface area contributed by atoms with Crippen molar-refractivity contribution in [2.75, 3.05) is 44.4 Å². The van der Waals surface area contributed by atoms with Crippen molar-refractivity contribution in [2.45, 2.75) is 19.9 Å². The number of fused-ring (bicyclic) bond motifs is 1. The van der Waals surface area contributed by atoms with E-state index in [9.17, 15) is 4.79 Å². The Bertz CT molecular complexity index is 833. The number of nitrogens with zero attached hydrogens (tertiary/aromatic N) is 2. The first kappa shape index (κ1) is 19.6. The molecule has 6 nitrogen and oxygen atoms in total. The van der Waals surface area contributed by atoms with E-state index in [0.29, 0.717) is 6.54 Å². The Hall–Kier alpha value is -2.73. The zero-order chi connectivity index (χ0) is 20.2. The molecule has 154 valence electrons. The molecule has 4 rings (SSSR count). The molecule has 0 spiro atoms. The zero-order valence-corrected chi connectivity index (χ0v) is 17.1. The van der Waals surface area contributed by atoms with Crippen LogP contribution in [0, 0.1) is 5.92 Å². The van der Waals surface area contributed by atoms with E-state index in [2.05, 4.69) is 51.5 Å². The Kier molecular flexibility index (Phi) is 5.90. The van der Waals surface area contributed by atoms with Crippen molar-refractivity contribution in [1.82, 2.24) is 10.2 Å². The maximum Gasteiger partial charge on any atom is 0.231 e. The number of carbonyl (C=O) groups is 1. The van der Waals surface area contributed by atoms with Crippen molar-refractivity contribution < 1.29 is 14.3 Å². The van der Waals surface area contributed by atoms with Crippen LogP contribution >= 0.6 is 0 Å². The smallest absolute Gasteiger partial charge is 0.231 e. The Balaban J connectivity index is 1.49. The third kappa shape index (κ3) is 4.48. The maximum atomic E-state index is 12.2. The van der Waals surface area contributed by atoms with Crippen LogP contribution in [-0.2, 0) is 4.79 Å². The number of piperazine rings is 1. The zero-order valence-electron chi connectivity index (χ0n) is 17.1. The first-order valence-corrected chi connectivity index (χ1v) is 10.3. The summed E-state index contributed by atoms with van der Waals surface area (Å²) in [5.74, 6) is 1.62. The number of para-hydroxylation sites is 1. The molecule has 2 aromatic carbocycles. The number of amides is 1. The molecule has 2 aliphatic heterocycles. The number of anilines is 1. The molecule has 0 unspecified atom stereocenters. The van der Waals surface area contributed by atoms with E-state index in [1.54, 1.807) is 0 Å². The number of hydrogen-bond donors (Lipinski definition) is 1. The highest BCUT2D eigenvalue weighted by molar-refractivity contribution is 5.77. The minimum Gasteiger partial charge on any atom is -0.454 e. The lowest BCUT2D eigenvalue weighted by molar-refractivity contribution is -0.124. The van der Waals surface area contributed by atoms with E-state index in [1.807, 2.05) is 26.0 Å². The van der Waals surface area contributed by atoms with E-state index >= 15 is 0 Å². The highest BCUT2D eigenvalue weighted by atomic mass is 16.7. The van der Waals surface area contributed by atoms with Crippen LogP contribution in [0.15, 0.2) is 48.5 Å². The molecule has 1 amide bonds. The van der Waals surface area contributed by atoms with Crippen LogP contribution in [0.2, 0.25) is 0 Å². The van der Waals surface area contributed by atoms with Crippen molar-refractivity contribution in [2.24, 2.45) is 5.92 Å². The van der Waals surface area contributed by atoms with Crippen molar-refractivity contribution >= 4 is 11.6 Å². The van der Waals surface area contributed by atoms with Gasteiger partial charge in [-0.2, -0.15) is 0 Å². The molecule has 0 radical (unpaired) electrons. The molecule has 0 bridgehead atoms. The second-order valence-corrected chi connectivity index (χ2v) is 7.89. The summed E-state index contributed by atoms with van der Waals surface area (Å²) < 4.78 is 11.0. The number of nitrogens with one attached hydrogen (secondary N) is 1. The molecule has 0 aliphatic carbocycles. The van der Waals surface area contributed by atoms with Gasteiger partial charge < -0.3 is 19.7 Å². The second kappa shape index (κ2) is 8.74. The van der Waals surface area contributed by atoms with Gasteiger partial charge in [0.1, 0.15) is 0 Å². The Morgan fingerprint density at radius 2 is 1.72 bits per heavy atom. The van der Waals surface area contributed by atoms with E-state index in [4.69, 9.17) is 9.47 Å². The van der Waals surface area contributed by atoms with Crippen LogP contribution < -0.4 is 19.7 Å². The van der Waals surface area contributed by atoms with Gasteiger partial charge in [-0.25, -0.2) is 0 Å². The van der Waals surface area contributed by atoms with Gasteiger partial charge in [0.2, 0.25) is 12.7 Å². The van der Waals surface area contributed by atoms with Crippen molar-refractivity contribution in [1.29, 1.82) is 0 Å². The number of rotatable bonds is 6. The van der Waals surface area contributed by atoms with Gasteiger partial charge in [-0.15, -0.1) is 0 Å². The minimum atomic E-state index is -0.0256. The lowest BCUT2D eigenvalue weighted by Gasteiger charge is -2.40. The fourth-order valence-electron chi connectivity index (χ4n) is 3.91. The van der Waals surface area contributed by atoms with E-state index in [0.717, 1.165) is 43.2 Å². The summed E-state index contributed by atoms with van der Waals surface area (Å²) in [6.45, 7) is 8.49. The van der Waals surface area contributed by atoms with Crippen molar-refractivity contribution in [3.8, 4) is 11.5 Å². The topological polar surface area (TPSA) is 54.0 Å². The van der Waals surface area contributed by atoms with Crippen molar-refractivity contribution in [3.05, 3.63) is 54.1 Å². The van der Waals surface area contributed by atoms with Gasteiger partial charge in [-0.05, 0) is 29.8 Å². The van der Waals surface area contributed by atoms with Crippen LogP contribution in [-0.4, -0.2) is 50.3 Å². The maximum absolute atomic E-state index is 12.2. The monoisotopic (exact) mass is 395 g/mol. The molecule has 6 heteroatoms. The van der Waals surface area contributed by atoms with Gasteiger partial charge >= 0.3 is 0 Å². The number of benzene rings is 2. The number of carbonyl (C=O) groups excluding carboxylic acids is 1. The first-order chi connectivity index (χ1) is 14.1. The molecule has 1 atom stereocenters. The normalized spacial score (nSPS) is 17.4. The molecule has 1 N–H and O–H groups in total. The molecule has 0 aromatic heterocycles. The van der Waals surface area contributed by atoms with Crippen LogP contribution in [0.1, 0.15) is 25.5 Å². The summed E-state index contributed by atoms with van der Waals surface area (Å²) in [5, 5.41) is 3.12. The Morgan fingerprint density at radius 1 is 1.00 bits per heavy atom. The standard InChI is InChI=1S/C23H29N3O3/c1-17(2)23(27)24-15-20(18-8-9-21-22(14-18)29-16-28-21)26-12-10-25(11-13-26)19-6-4-3-5-7-19/h3-9,14,17,20H,10-13,15-16H2,1-2H3,(H,24,27)/t20-/m1/s1. The van der Waals surface area contributed by atoms with Crippen LogP contribution in [0.3, 0.4) is 0 Å². The Morgan fingerprint density at radius 3 is 2.45 bits per heavy atom. The van der Waals surface area contributed by atoms with Gasteiger partial charge in [0.15, 0.2) is 11.5 Å². The quantitative estimate of drug-likeness (QED) is 0.815. The van der Waals surface area contributed by atoms with Crippen LogP contribution in [0.25, 0.3) is 0 Å². The molecular formula is C23H29N3O3. The summed E-state index contributed by atoms with van der Waals surface area (Å²) in [6, 6.07) is 16.7. The van der Waals surface area contributed by atoms with Gasteiger partial charge in [0.25, 0.3) is 0 Å². The lowest BCUT2D eigenvalue weighted by Crippen LogP contribution is -2.50. The lowest BCUT2D eigenvalue weighted by atomic mass is 10.0. The average Bonchev–Trinajstić information content (AvgIpc) is 3.23. The fraction of sp³-hybridized carbons (Fsp3) is 0.435. The molecular weight excluding hydrogens is 366 g/mol. The number of hydrogen-bond acceptors (Lipinski definition) is 5. The van der Waals surface area contributed by atoms with E-state index < -0.39 is 0 Å². The first-order valence-electron chi connectivity index (χ1n) is 10.3. The molecule has 2 heterocycles. The molecule has 1 fully saturated rings. The Labute approximate surface area is 172 Å². The highest BCUT2D eigenvalue weighted by Gasteiger charge is 2.27. The van der Waals surface area contributed by atoms with Crippen molar-refractivity contribution in [3.63, 3.8) is 0 Å². The van der Waals surface area contributed by atoms with Gasteiger partial charge in [-0.1, -0.05) is 38.1 Å². The second-order valence-electron chi connectivity index (χ2n) is 7.89. The van der Waals surface area contributed by atoms with Gasteiger partial charge in [0.05, 0.1) is 6.04 Å². The third-order valence-corrected chi connectivity index (χ3v) is 5.65. The highest BCUT2D eigenvalue weighted by Crippen LogP contribution is 2.35. The summed E-state index contributed by atoms with van der Waals surface area (Å²) >= 11 is 0. The molecule has 29 heavy (non-hydrogen) atoms. The van der Waals surface area contributed by atoms with Crippen LogP contribution in [0.4, 0.5) is 5.69 Å². The summed E-state index contributed by atoms with van der Waals surface area (Å²) in [6.07, 6.45) is 0. The number of ether oxygens (including phenoxy) is 2. The predicted molar refractivity (Wildman–Crippen MR) is 113 cm³/mol. The molecule has 1 saturated heterocycles. The SMILES string of the molecule is CC(C)C(=O)NC[C@H](c1ccc2c(c1)OCO2)N1CCN(c2ccccc2)CC1. The minimum absolute atomic E-state index is 0.0256. The summed E-state index contributed by atoms with van der Waals surface area (Å²) in [4.78, 5) is 17.1. The molecule has 0 saturated carbocycles. The predicted octanol–water partition coefficient (Wildman–Crippen LogP) is 3.05. The molecule has 2 aromatic rings. The fourth-order valence-corrected chi connectivity index (χ4v) is 3.91. The van der Waals surface area contributed by atoms with Gasteiger partial charge in [0, 0.05) is 44.3 Å². The third-order valence-electron chi connectivity index (χ3n) is 5.65. The average molecular weight is 396 g/mol. The van der Waals surface area contributed by atoms with Crippen LogP contribution in [0.5, 0.6) is 11.5 Å². The summed E-state index contributed by atoms with van der Waals surface area (Å²) in [5.41, 5.74) is 2.41. The van der Waals surface area contributed by atoms with E-state index in [1.165, 1.54) is 5.69 Å². The molecule has 2 aliphatic rings.